The van der Waals surface area contributed by atoms with Crippen LogP contribution < -0.4 is 10.6 Å². The molecule has 0 aliphatic carbocycles. The number of carbonyl (C=O) groups is 1. The Morgan fingerprint density at radius 3 is 2.70 bits per heavy atom. The Hall–Kier alpha value is -4.67. The molecule has 0 unspecified atom stereocenters. The number of hydrogen-bond acceptors (Lipinski definition) is 7. The minimum absolute atomic E-state index is 0.0180. The fourth-order valence-corrected chi connectivity index (χ4v) is 3.29. The molecule has 0 saturated carbocycles. The van der Waals surface area contributed by atoms with Gasteiger partial charge in [0.2, 0.25) is 11.9 Å². The van der Waals surface area contributed by atoms with Gasteiger partial charge in [-0.25, -0.2) is 14.4 Å². The highest BCUT2D eigenvalue weighted by atomic mass is 19.1. The van der Waals surface area contributed by atoms with Crippen LogP contribution in [0.4, 0.5) is 21.8 Å². The first-order valence-corrected chi connectivity index (χ1v) is 10.0. The van der Waals surface area contributed by atoms with Crippen molar-refractivity contribution < 1.29 is 9.18 Å². The van der Waals surface area contributed by atoms with Crippen LogP contribution in [0.15, 0.2) is 67.1 Å². The third-order valence-corrected chi connectivity index (χ3v) is 4.94. The summed E-state index contributed by atoms with van der Waals surface area (Å²) in [5, 5.41) is 18.3. The Kier molecular flexibility index (Phi) is 5.19. The van der Waals surface area contributed by atoms with Crippen LogP contribution in [-0.2, 0) is 18.3 Å². The van der Waals surface area contributed by atoms with E-state index in [4.69, 9.17) is 0 Å². The largest absolute Gasteiger partial charge is 0.326 e. The lowest BCUT2D eigenvalue weighted by atomic mass is 10.2. The molecular weight excluding hydrogens is 425 g/mol. The normalized spacial score (nSPS) is 11.0. The summed E-state index contributed by atoms with van der Waals surface area (Å²) < 4.78 is 16.5. The highest BCUT2D eigenvalue weighted by molar-refractivity contribution is 5.91. The Labute approximate surface area is 187 Å². The molecule has 1 amide bonds. The predicted molar refractivity (Wildman–Crippen MR) is 119 cm³/mol. The molecule has 1 aromatic carbocycles. The molecule has 33 heavy (non-hydrogen) atoms. The number of aryl methyl sites for hydroxylation is 1. The van der Waals surface area contributed by atoms with Crippen molar-refractivity contribution in [3.05, 3.63) is 78.8 Å². The first-order chi connectivity index (χ1) is 16.0. The third-order valence-electron chi connectivity index (χ3n) is 4.94. The van der Waals surface area contributed by atoms with E-state index in [0.717, 1.165) is 11.4 Å². The van der Waals surface area contributed by atoms with Crippen molar-refractivity contribution in [1.29, 1.82) is 0 Å². The van der Waals surface area contributed by atoms with E-state index in [1.165, 1.54) is 24.3 Å². The smallest absolute Gasteiger partial charge is 0.232 e. The van der Waals surface area contributed by atoms with E-state index in [0.29, 0.717) is 28.8 Å². The zero-order valence-corrected chi connectivity index (χ0v) is 17.5. The maximum atomic E-state index is 13.0. The number of fused-ring (bicyclic) bond motifs is 1. The Morgan fingerprint density at radius 1 is 1.06 bits per heavy atom. The summed E-state index contributed by atoms with van der Waals surface area (Å²) in [6.07, 6.45) is 5.16. The maximum Gasteiger partial charge on any atom is 0.232 e. The molecule has 164 valence electrons. The predicted octanol–water partition coefficient (Wildman–Crippen LogP) is 2.98. The minimum Gasteiger partial charge on any atom is -0.326 e. The van der Waals surface area contributed by atoms with E-state index in [1.807, 2.05) is 25.2 Å². The van der Waals surface area contributed by atoms with Crippen molar-refractivity contribution in [2.75, 3.05) is 10.6 Å². The Balaban J connectivity index is 1.34. The zero-order chi connectivity index (χ0) is 22.8. The molecule has 5 aromatic rings. The first-order valence-electron chi connectivity index (χ1n) is 10.0. The van der Waals surface area contributed by atoms with E-state index in [9.17, 15) is 9.18 Å². The molecule has 2 N–H and O–H groups in total. The number of halogens is 1. The van der Waals surface area contributed by atoms with Crippen molar-refractivity contribution >= 4 is 29.0 Å². The van der Waals surface area contributed by atoms with Gasteiger partial charge in [0.1, 0.15) is 17.5 Å². The molecule has 11 heteroatoms. The van der Waals surface area contributed by atoms with Gasteiger partial charge in [0, 0.05) is 36.8 Å². The van der Waals surface area contributed by atoms with Gasteiger partial charge in [-0.05, 0) is 42.5 Å². The summed E-state index contributed by atoms with van der Waals surface area (Å²) in [6.45, 7) is 0. The maximum absolute atomic E-state index is 13.0. The number of anilines is 3. The van der Waals surface area contributed by atoms with Crippen LogP contribution in [0.25, 0.3) is 16.9 Å². The number of hydrogen-bond donors (Lipinski definition) is 2. The molecular formula is C22H18FN9O. The number of carbonyl (C=O) groups excluding carboxylic acids is 1. The number of amides is 1. The monoisotopic (exact) mass is 443 g/mol. The van der Waals surface area contributed by atoms with Crippen molar-refractivity contribution in [1.82, 2.24) is 34.3 Å². The van der Waals surface area contributed by atoms with Crippen molar-refractivity contribution in [2.45, 2.75) is 6.42 Å². The summed E-state index contributed by atoms with van der Waals surface area (Å²) in [5.74, 6) is 1.05. The van der Waals surface area contributed by atoms with E-state index < -0.39 is 0 Å². The molecule has 0 aliphatic rings. The fourth-order valence-electron chi connectivity index (χ4n) is 3.29. The van der Waals surface area contributed by atoms with Gasteiger partial charge < -0.3 is 10.6 Å². The fraction of sp³-hybridized carbons (Fsp3) is 0.0909. The van der Waals surface area contributed by atoms with Gasteiger partial charge in [0.15, 0.2) is 5.65 Å². The highest BCUT2D eigenvalue weighted by Gasteiger charge is 2.13. The van der Waals surface area contributed by atoms with Crippen LogP contribution in [0.2, 0.25) is 0 Å². The third kappa shape index (κ3) is 4.37. The lowest BCUT2D eigenvalue weighted by Crippen LogP contribution is -2.16. The van der Waals surface area contributed by atoms with Crippen molar-refractivity contribution in [3.63, 3.8) is 0 Å². The summed E-state index contributed by atoms with van der Waals surface area (Å²) in [6, 6.07) is 12.9. The van der Waals surface area contributed by atoms with Crippen LogP contribution in [-0.4, -0.2) is 40.3 Å². The van der Waals surface area contributed by atoms with Crippen LogP contribution >= 0.6 is 0 Å². The molecule has 0 bridgehead atoms. The van der Waals surface area contributed by atoms with Gasteiger partial charge in [0.25, 0.3) is 0 Å². The number of aromatic nitrogens is 7. The van der Waals surface area contributed by atoms with Crippen LogP contribution in [0, 0.1) is 5.82 Å². The summed E-state index contributed by atoms with van der Waals surface area (Å²) in [5.41, 5.74) is 2.62. The summed E-state index contributed by atoms with van der Waals surface area (Å²) >= 11 is 0. The SMILES string of the molecule is Cn1nccc1Nc1nccc(-c2ccn3c(CC(=O)Nc4ccc(F)cc4)nnc3c2)n1. The zero-order valence-electron chi connectivity index (χ0n) is 17.5. The molecule has 10 nitrogen and oxygen atoms in total. The Bertz CT molecular complexity index is 1440. The first kappa shape index (κ1) is 20.2. The second-order valence-electron chi connectivity index (χ2n) is 7.22. The second-order valence-corrected chi connectivity index (χ2v) is 7.22. The Morgan fingerprint density at radius 2 is 1.91 bits per heavy atom. The number of rotatable bonds is 6. The van der Waals surface area contributed by atoms with Gasteiger partial charge >= 0.3 is 0 Å². The van der Waals surface area contributed by atoms with Crippen LogP contribution in [0.5, 0.6) is 0 Å². The molecule has 0 spiro atoms. The summed E-state index contributed by atoms with van der Waals surface area (Å²) in [4.78, 5) is 21.2. The van der Waals surface area contributed by atoms with Gasteiger partial charge in [-0.1, -0.05) is 0 Å². The van der Waals surface area contributed by atoms with Gasteiger partial charge in [-0.15, -0.1) is 10.2 Å². The van der Waals surface area contributed by atoms with Gasteiger partial charge in [0.05, 0.1) is 18.3 Å². The quantitative estimate of drug-likeness (QED) is 0.415. The number of nitrogens with zero attached hydrogens (tertiary/aromatic N) is 7. The number of benzene rings is 1. The van der Waals surface area contributed by atoms with Gasteiger partial charge in [-0.3, -0.25) is 13.9 Å². The van der Waals surface area contributed by atoms with Crippen molar-refractivity contribution in [2.24, 2.45) is 7.05 Å². The average molecular weight is 443 g/mol. The van der Waals surface area contributed by atoms with E-state index in [-0.39, 0.29) is 18.1 Å². The molecule has 0 radical (unpaired) electrons. The molecule has 5 rings (SSSR count). The molecule has 4 heterocycles. The molecule has 4 aromatic heterocycles. The van der Waals surface area contributed by atoms with E-state index in [1.54, 1.807) is 33.7 Å². The molecule has 0 fully saturated rings. The number of nitrogens with one attached hydrogen (secondary N) is 2. The summed E-state index contributed by atoms with van der Waals surface area (Å²) in [7, 11) is 1.82. The molecule has 0 saturated heterocycles. The second kappa shape index (κ2) is 8.46. The number of pyridine rings is 1. The molecule has 0 atom stereocenters. The topological polar surface area (TPSA) is 115 Å². The van der Waals surface area contributed by atoms with Gasteiger partial charge in [-0.2, -0.15) is 5.10 Å². The average Bonchev–Trinajstić information content (AvgIpc) is 3.41. The van der Waals surface area contributed by atoms with Crippen LogP contribution in [0.1, 0.15) is 5.82 Å². The highest BCUT2D eigenvalue weighted by Crippen LogP contribution is 2.21. The lowest BCUT2D eigenvalue weighted by Gasteiger charge is -2.07. The minimum atomic E-state index is -0.365. The van der Waals surface area contributed by atoms with E-state index >= 15 is 0 Å². The standard InChI is InChI=1S/C22H18FN9O/c1-31-18(7-10-25-31)28-22-24-9-6-17(27-22)14-8-11-32-19(12-14)29-30-20(32)13-21(33)26-16-4-2-15(23)3-5-16/h2-12H,13H2,1H3,(H,26,33)(H,24,27,28). The van der Waals surface area contributed by atoms with E-state index in [2.05, 4.69) is 35.9 Å². The molecule has 0 aliphatic heterocycles. The lowest BCUT2D eigenvalue weighted by molar-refractivity contribution is -0.115. The van der Waals surface area contributed by atoms with Crippen molar-refractivity contribution in [3.8, 4) is 11.3 Å². The van der Waals surface area contributed by atoms with Crippen LogP contribution in [0.3, 0.4) is 0 Å².